The highest BCUT2D eigenvalue weighted by Gasteiger charge is 2.34. The van der Waals surface area contributed by atoms with E-state index >= 15 is 0 Å². The lowest BCUT2D eigenvalue weighted by Gasteiger charge is -2.36. The maximum Gasteiger partial charge on any atom is 0.225 e. The van der Waals surface area contributed by atoms with Crippen LogP contribution in [-0.2, 0) is 4.79 Å². The molecule has 1 aromatic carbocycles. The van der Waals surface area contributed by atoms with Gasteiger partial charge in [0.25, 0.3) is 0 Å². The number of anilines is 1. The number of carbonyl (C=O) groups is 1. The summed E-state index contributed by atoms with van der Waals surface area (Å²) in [6.07, 6.45) is 2.21. The smallest absolute Gasteiger partial charge is 0.225 e. The Balaban J connectivity index is 1.59. The second-order valence-corrected chi connectivity index (χ2v) is 5.98. The van der Waals surface area contributed by atoms with Crippen LogP contribution in [0.15, 0.2) is 28.7 Å². The number of benzene rings is 1. The van der Waals surface area contributed by atoms with Crippen LogP contribution < -0.4 is 4.90 Å². The van der Waals surface area contributed by atoms with Crippen LogP contribution in [0, 0.1) is 5.92 Å². The third-order valence-electron chi connectivity index (χ3n) is 3.71. The fourth-order valence-electron chi connectivity index (χ4n) is 2.43. The maximum absolute atomic E-state index is 11.9. The first-order valence-corrected chi connectivity index (χ1v) is 7.32. The van der Waals surface area contributed by atoms with Gasteiger partial charge in [0, 0.05) is 42.3 Å². The van der Waals surface area contributed by atoms with Crippen molar-refractivity contribution < 1.29 is 4.79 Å². The molecule has 2 fully saturated rings. The van der Waals surface area contributed by atoms with Gasteiger partial charge in [-0.3, -0.25) is 4.79 Å². The Hall–Kier alpha value is -1.03. The molecule has 1 saturated carbocycles. The van der Waals surface area contributed by atoms with E-state index in [1.54, 1.807) is 0 Å². The molecule has 0 bridgehead atoms. The van der Waals surface area contributed by atoms with E-state index in [4.69, 9.17) is 0 Å². The van der Waals surface area contributed by atoms with Crippen molar-refractivity contribution in [3.8, 4) is 0 Å². The van der Waals surface area contributed by atoms with Crippen molar-refractivity contribution in [2.75, 3.05) is 31.1 Å². The van der Waals surface area contributed by atoms with Gasteiger partial charge in [0.15, 0.2) is 0 Å². The Bertz CT molecular complexity index is 434. The normalized spacial score (nSPS) is 20.1. The third kappa shape index (κ3) is 2.53. The molecule has 96 valence electrons. The van der Waals surface area contributed by atoms with E-state index in [9.17, 15) is 4.79 Å². The van der Waals surface area contributed by atoms with Crippen LogP contribution in [0.25, 0.3) is 0 Å². The van der Waals surface area contributed by atoms with Crippen molar-refractivity contribution in [3.05, 3.63) is 28.7 Å². The third-order valence-corrected chi connectivity index (χ3v) is 4.24. The summed E-state index contributed by atoms with van der Waals surface area (Å²) in [5.74, 6) is 0.731. The Morgan fingerprint density at radius 3 is 2.22 bits per heavy atom. The largest absolute Gasteiger partial charge is 0.368 e. The number of carbonyl (C=O) groups excluding carboxylic acids is 1. The Kier molecular flexibility index (Phi) is 3.29. The van der Waals surface area contributed by atoms with Gasteiger partial charge in [0.05, 0.1) is 0 Å². The predicted molar refractivity (Wildman–Crippen MR) is 75.7 cm³/mol. The van der Waals surface area contributed by atoms with E-state index in [0.717, 1.165) is 43.5 Å². The van der Waals surface area contributed by atoms with E-state index in [-0.39, 0.29) is 0 Å². The van der Waals surface area contributed by atoms with Crippen LogP contribution in [0.4, 0.5) is 5.69 Å². The van der Waals surface area contributed by atoms with Gasteiger partial charge in [-0.25, -0.2) is 0 Å². The van der Waals surface area contributed by atoms with Gasteiger partial charge in [-0.05, 0) is 37.1 Å². The van der Waals surface area contributed by atoms with E-state index in [2.05, 4.69) is 45.1 Å². The van der Waals surface area contributed by atoms with Gasteiger partial charge in [-0.1, -0.05) is 15.9 Å². The highest BCUT2D eigenvalue weighted by molar-refractivity contribution is 9.10. The molecule has 0 aromatic heterocycles. The van der Waals surface area contributed by atoms with Crippen molar-refractivity contribution in [2.24, 2.45) is 5.92 Å². The SMILES string of the molecule is O=C(C1CC1)N1CCN(c2ccc(Br)cc2)CC1. The number of amides is 1. The molecule has 3 rings (SSSR count). The van der Waals surface area contributed by atoms with Crippen molar-refractivity contribution in [1.29, 1.82) is 0 Å². The van der Waals surface area contributed by atoms with Crippen molar-refractivity contribution in [3.63, 3.8) is 0 Å². The van der Waals surface area contributed by atoms with Crippen LogP contribution >= 0.6 is 15.9 Å². The van der Waals surface area contributed by atoms with E-state index in [0.29, 0.717) is 11.8 Å². The van der Waals surface area contributed by atoms with E-state index in [1.807, 2.05) is 4.90 Å². The molecule has 0 radical (unpaired) electrons. The van der Waals surface area contributed by atoms with Gasteiger partial charge < -0.3 is 9.80 Å². The minimum Gasteiger partial charge on any atom is -0.368 e. The number of halogens is 1. The maximum atomic E-state index is 11.9. The Morgan fingerprint density at radius 2 is 1.67 bits per heavy atom. The van der Waals surface area contributed by atoms with Gasteiger partial charge in [0.1, 0.15) is 0 Å². The second kappa shape index (κ2) is 4.92. The fraction of sp³-hybridized carbons (Fsp3) is 0.500. The molecule has 4 heteroatoms. The summed E-state index contributed by atoms with van der Waals surface area (Å²) in [4.78, 5) is 16.3. The average molecular weight is 309 g/mol. The molecule has 1 aliphatic carbocycles. The van der Waals surface area contributed by atoms with E-state index < -0.39 is 0 Å². The Morgan fingerprint density at radius 1 is 1.06 bits per heavy atom. The van der Waals surface area contributed by atoms with Gasteiger partial charge in [-0.2, -0.15) is 0 Å². The molecule has 1 amide bonds. The molecule has 1 aromatic rings. The molecular formula is C14H17BrN2O. The molecule has 1 aliphatic heterocycles. The van der Waals surface area contributed by atoms with Gasteiger partial charge >= 0.3 is 0 Å². The number of hydrogen-bond donors (Lipinski definition) is 0. The Labute approximate surface area is 116 Å². The molecule has 1 heterocycles. The molecule has 18 heavy (non-hydrogen) atoms. The van der Waals surface area contributed by atoms with Crippen LogP contribution in [-0.4, -0.2) is 37.0 Å². The molecule has 0 unspecified atom stereocenters. The molecule has 1 saturated heterocycles. The monoisotopic (exact) mass is 308 g/mol. The molecule has 2 aliphatic rings. The summed E-state index contributed by atoms with van der Waals surface area (Å²) in [7, 11) is 0. The lowest BCUT2D eigenvalue weighted by molar-refractivity contribution is -0.132. The number of rotatable bonds is 2. The zero-order chi connectivity index (χ0) is 12.5. The van der Waals surface area contributed by atoms with Crippen molar-refractivity contribution >= 4 is 27.5 Å². The lowest BCUT2D eigenvalue weighted by atomic mass is 10.2. The van der Waals surface area contributed by atoms with Crippen LogP contribution in [0.2, 0.25) is 0 Å². The summed E-state index contributed by atoms with van der Waals surface area (Å²) in [6.45, 7) is 3.62. The minimum atomic E-state index is 0.351. The topological polar surface area (TPSA) is 23.6 Å². The zero-order valence-corrected chi connectivity index (χ0v) is 11.9. The molecule has 0 spiro atoms. The van der Waals surface area contributed by atoms with Gasteiger partial charge in [0.2, 0.25) is 5.91 Å². The summed E-state index contributed by atoms with van der Waals surface area (Å²) < 4.78 is 1.11. The standard InChI is InChI=1S/C14H17BrN2O/c15-12-3-5-13(6-4-12)16-7-9-17(10-8-16)14(18)11-1-2-11/h3-6,11H,1-2,7-10H2. The van der Waals surface area contributed by atoms with Crippen LogP contribution in [0.3, 0.4) is 0 Å². The summed E-state index contributed by atoms with van der Waals surface area (Å²) in [5.41, 5.74) is 1.25. The molecule has 0 N–H and O–H groups in total. The highest BCUT2D eigenvalue weighted by Crippen LogP contribution is 2.31. The quantitative estimate of drug-likeness (QED) is 0.838. The van der Waals surface area contributed by atoms with E-state index in [1.165, 1.54) is 5.69 Å². The summed E-state index contributed by atoms with van der Waals surface area (Å²) in [6, 6.07) is 8.39. The summed E-state index contributed by atoms with van der Waals surface area (Å²) >= 11 is 3.45. The van der Waals surface area contributed by atoms with Crippen LogP contribution in [0.1, 0.15) is 12.8 Å². The number of hydrogen-bond acceptors (Lipinski definition) is 2. The first-order valence-electron chi connectivity index (χ1n) is 6.53. The van der Waals surface area contributed by atoms with Gasteiger partial charge in [-0.15, -0.1) is 0 Å². The number of nitrogens with zero attached hydrogens (tertiary/aromatic N) is 2. The fourth-order valence-corrected chi connectivity index (χ4v) is 2.69. The van der Waals surface area contributed by atoms with Crippen LogP contribution in [0.5, 0.6) is 0 Å². The van der Waals surface area contributed by atoms with Crippen molar-refractivity contribution in [2.45, 2.75) is 12.8 Å². The molecular weight excluding hydrogens is 292 g/mol. The van der Waals surface area contributed by atoms with Crippen molar-refractivity contribution in [1.82, 2.24) is 4.90 Å². The second-order valence-electron chi connectivity index (χ2n) is 5.06. The predicted octanol–water partition coefficient (Wildman–Crippen LogP) is 2.51. The average Bonchev–Trinajstić information content (AvgIpc) is 3.23. The molecule has 3 nitrogen and oxygen atoms in total. The highest BCUT2D eigenvalue weighted by atomic mass is 79.9. The first-order chi connectivity index (χ1) is 8.74. The first kappa shape index (κ1) is 12.0. The summed E-state index contributed by atoms with van der Waals surface area (Å²) in [5, 5.41) is 0. The number of piperazine rings is 1. The lowest BCUT2D eigenvalue weighted by Crippen LogP contribution is -2.49. The zero-order valence-electron chi connectivity index (χ0n) is 10.3. The molecule has 0 atom stereocenters. The minimum absolute atomic E-state index is 0.351.